The maximum Gasteiger partial charge on any atom is 0.255 e. The molecule has 2 aromatic heterocycles. The van der Waals surface area contributed by atoms with Gasteiger partial charge in [-0.3, -0.25) is 9.52 Å². The Morgan fingerprint density at radius 2 is 1.73 bits per heavy atom. The predicted molar refractivity (Wildman–Crippen MR) is 189 cm³/mol. The Hall–Kier alpha value is -5.01. The quantitative estimate of drug-likeness (QED) is 0.189. The van der Waals surface area contributed by atoms with E-state index in [4.69, 9.17) is 9.84 Å². The number of carbonyl (C=O) groups is 1. The molecule has 5 aromatic rings. The predicted octanol–water partition coefficient (Wildman–Crippen LogP) is 5.46. The van der Waals surface area contributed by atoms with Crippen molar-refractivity contribution >= 4 is 27.3 Å². The minimum Gasteiger partial charge on any atom is -0.492 e. The summed E-state index contributed by atoms with van der Waals surface area (Å²) in [5.74, 6) is -0.197. The number of sulfonamides is 1. The van der Waals surface area contributed by atoms with Crippen LogP contribution >= 0.6 is 0 Å². The van der Waals surface area contributed by atoms with Crippen molar-refractivity contribution in [1.29, 1.82) is 0 Å². The van der Waals surface area contributed by atoms with Crippen molar-refractivity contribution in [3.8, 4) is 28.4 Å². The number of carbonyl (C=O) groups excluding carboxylic acids is 1. The lowest BCUT2D eigenvalue weighted by atomic mass is 9.86. The SMILES string of the molecule is COc1c(NC(=O)c2ccc(C)c(-n3cc(-c4cnn(-c5ccccc5)c4CCN(C)C)nn3)c2)cc(C(C)(C)C)cc1NS(C)(=O)=O. The van der Waals surface area contributed by atoms with Crippen molar-refractivity contribution in [1.82, 2.24) is 29.7 Å². The van der Waals surface area contributed by atoms with Gasteiger partial charge in [0.05, 0.1) is 54.2 Å². The van der Waals surface area contributed by atoms with Crippen LogP contribution in [0.4, 0.5) is 11.4 Å². The Morgan fingerprint density at radius 3 is 2.38 bits per heavy atom. The molecular formula is C35H42N8O4S. The minimum atomic E-state index is -3.62. The monoisotopic (exact) mass is 670 g/mol. The largest absolute Gasteiger partial charge is 0.492 e. The van der Waals surface area contributed by atoms with E-state index in [1.54, 1.807) is 28.9 Å². The van der Waals surface area contributed by atoms with E-state index in [9.17, 15) is 13.2 Å². The van der Waals surface area contributed by atoms with Crippen LogP contribution in [0.15, 0.2) is 73.1 Å². The van der Waals surface area contributed by atoms with Gasteiger partial charge in [0.15, 0.2) is 5.75 Å². The first-order valence-electron chi connectivity index (χ1n) is 15.5. The van der Waals surface area contributed by atoms with Gasteiger partial charge in [0.2, 0.25) is 10.0 Å². The van der Waals surface area contributed by atoms with Crippen molar-refractivity contribution < 1.29 is 17.9 Å². The van der Waals surface area contributed by atoms with Crippen molar-refractivity contribution in [3.63, 3.8) is 0 Å². The molecule has 1 amide bonds. The van der Waals surface area contributed by atoms with Crippen LogP contribution < -0.4 is 14.8 Å². The maximum atomic E-state index is 13.7. The van der Waals surface area contributed by atoms with Crippen molar-refractivity contribution in [3.05, 3.63) is 95.4 Å². The zero-order valence-electron chi connectivity index (χ0n) is 28.6. The number of amides is 1. The molecule has 0 radical (unpaired) electrons. The molecule has 0 unspecified atom stereocenters. The fourth-order valence-electron chi connectivity index (χ4n) is 5.30. The Balaban J connectivity index is 1.49. The normalized spacial score (nSPS) is 11.9. The van der Waals surface area contributed by atoms with Crippen LogP contribution in [0, 0.1) is 6.92 Å². The van der Waals surface area contributed by atoms with Gasteiger partial charge in [-0.1, -0.05) is 50.3 Å². The molecule has 0 saturated carbocycles. The highest BCUT2D eigenvalue weighted by Gasteiger charge is 2.23. The van der Waals surface area contributed by atoms with Crippen LogP contribution in [0.1, 0.15) is 48.0 Å². The number of methoxy groups -OCH3 is 1. The fraction of sp³-hybridized carbons (Fsp3) is 0.314. The van der Waals surface area contributed by atoms with Crippen LogP contribution in [-0.4, -0.2) is 78.0 Å². The van der Waals surface area contributed by atoms with Crippen LogP contribution in [0.5, 0.6) is 5.75 Å². The van der Waals surface area contributed by atoms with E-state index in [2.05, 4.69) is 25.3 Å². The summed E-state index contributed by atoms with van der Waals surface area (Å²) >= 11 is 0. The van der Waals surface area contributed by atoms with Crippen molar-refractivity contribution in [2.45, 2.75) is 39.5 Å². The molecular weight excluding hydrogens is 629 g/mol. The number of hydrogen-bond acceptors (Lipinski definition) is 8. The van der Waals surface area contributed by atoms with E-state index >= 15 is 0 Å². The van der Waals surface area contributed by atoms with Gasteiger partial charge in [0, 0.05) is 24.1 Å². The number of para-hydroxylation sites is 1. The summed E-state index contributed by atoms with van der Waals surface area (Å²) in [6, 6.07) is 18.8. The highest BCUT2D eigenvalue weighted by atomic mass is 32.2. The summed E-state index contributed by atoms with van der Waals surface area (Å²) in [7, 11) is 1.88. The smallest absolute Gasteiger partial charge is 0.255 e. The number of benzene rings is 3. The second-order valence-electron chi connectivity index (χ2n) is 13.0. The Kier molecular flexibility index (Phi) is 9.74. The molecule has 48 heavy (non-hydrogen) atoms. The zero-order valence-corrected chi connectivity index (χ0v) is 29.4. The van der Waals surface area contributed by atoms with Crippen molar-refractivity contribution in [2.24, 2.45) is 0 Å². The van der Waals surface area contributed by atoms with Crippen LogP contribution in [0.3, 0.4) is 0 Å². The number of anilines is 2. The van der Waals surface area contributed by atoms with E-state index in [0.29, 0.717) is 22.6 Å². The minimum absolute atomic E-state index is 0.205. The van der Waals surface area contributed by atoms with Gasteiger partial charge in [-0.15, -0.1) is 5.10 Å². The first-order valence-corrected chi connectivity index (χ1v) is 17.4. The van der Waals surface area contributed by atoms with Gasteiger partial charge in [-0.25, -0.2) is 17.8 Å². The zero-order chi connectivity index (χ0) is 34.8. The van der Waals surface area contributed by atoms with E-state index < -0.39 is 15.9 Å². The average molecular weight is 671 g/mol. The number of likely N-dealkylation sites (N-methyl/N-ethyl adjacent to an activating group) is 1. The molecule has 252 valence electrons. The molecule has 12 nitrogen and oxygen atoms in total. The standard InChI is InChI=1S/C35H42N8O4S/c1-23-14-15-24(34(44)37-28-19-25(35(2,3)4)20-29(33(28)47-7)39-48(8,45)46)18-32(23)42-22-30(38-40-42)27-21-36-43(26-12-10-9-11-13-26)31(27)16-17-41(5)6/h9-15,18-22,39H,16-17H2,1-8H3,(H,37,44). The Labute approximate surface area is 281 Å². The molecule has 0 bridgehead atoms. The average Bonchev–Trinajstić information content (AvgIpc) is 3.67. The summed E-state index contributed by atoms with van der Waals surface area (Å²) in [6.07, 6.45) is 5.47. The lowest BCUT2D eigenvalue weighted by Crippen LogP contribution is -2.18. The number of hydrogen-bond donors (Lipinski definition) is 2. The lowest BCUT2D eigenvalue weighted by molar-refractivity contribution is 0.102. The highest BCUT2D eigenvalue weighted by molar-refractivity contribution is 7.92. The number of rotatable bonds is 11. The summed E-state index contributed by atoms with van der Waals surface area (Å²) < 4.78 is 36.0. The molecule has 13 heteroatoms. The highest BCUT2D eigenvalue weighted by Crippen LogP contribution is 2.39. The van der Waals surface area contributed by atoms with Crippen LogP contribution in [0.2, 0.25) is 0 Å². The Morgan fingerprint density at radius 1 is 1.02 bits per heavy atom. The van der Waals surface area contributed by atoms with Crippen molar-refractivity contribution in [2.75, 3.05) is 44.0 Å². The molecule has 0 saturated heterocycles. The first-order chi connectivity index (χ1) is 22.6. The van der Waals surface area contributed by atoms with Gasteiger partial charge < -0.3 is 15.0 Å². The first kappa shape index (κ1) is 34.3. The molecule has 2 heterocycles. The second kappa shape index (κ2) is 13.6. The van der Waals surface area contributed by atoms with Gasteiger partial charge in [0.25, 0.3) is 5.91 Å². The van der Waals surface area contributed by atoms with Gasteiger partial charge in [0.1, 0.15) is 5.69 Å². The summed E-state index contributed by atoms with van der Waals surface area (Å²) in [5.41, 5.74) is 6.51. The molecule has 0 aliphatic carbocycles. The third-order valence-corrected chi connectivity index (χ3v) is 8.45. The molecule has 5 rings (SSSR count). The number of nitrogens with one attached hydrogen (secondary N) is 2. The third-order valence-electron chi connectivity index (χ3n) is 7.86. The van der Waals surface area contributed by atoms with E-state index in [0.717, 1.165) is 47.3 Å². The molecule has 0 aliphatic heterocycles. The Bertz CT molecular complexity index is 2040. The van der Waals surface area contributed by atoms with Gasteiger partial charge >= 0.3 is 0 Å². The second-order valence-corrected chi connectivity index (χ2v) is 14.8. The van der Waals surface area contributed by atoms with Gasteiger partial charge in [-0.05, 0) is 74.0 Å². The lowest BCUT2D eigenvalue weighted by Gasteiger charge is -2.24. The molecule has 0 aliphatic rings. The van der Waals surface area contributed by atoms with Gasteiger partial charge in [-0.2, -0.15) is 5.10 Å². The summed E-state index contributed by atoms with van der Waals surface area (Å²) in [4.78, 5) is 15.8. The van der Waals surface area contributed by atoms with E-state index in [-0.39, 0.29) is 16.9 Å². The molecule has 0 spiro atoms. The van der Waals surface area contributed by atoms with Crippen LogP contribution in [-0.2, 0) is 21.9 Å². The molecule has 2 N–H and O–H groups in total. The van der Waals surface area contributed by atoms with E-state index in [1.165, 1.54) is 7.11 Å². The molecule has 3 aromatic carbocycles. The van der Waals surface area contributed by atoms with E-state index in [1.807, 2.05) is 95.3 Å². The number of nitrogens with zero attached hydrogens (tertiary/aromatic N) is 6. The third kappa shape index (κ3) is 7.75. The number of aryl methyl sites for hydroxylation is 1. The summed E-state index contributed by atoms with van der Waals surface area (Å²) in [5, 5.41) is 16.6. The number of aromatic nitrogens is 5. The summed E-state index contributed by atoms with van der Waals surface area (Å²) in [6.45, 7) is 8.77. The van der Waals surface area contributed by atoms with Crippen LogP contribution in [0.25, 0.3) is 22.6 Å². The topological polar surface area (TPSA) is 136 Å². The number of ether oxygens (including phenoxy) is 1. The fourth-order valence-corrected chi connectivity index (χ4v) is 5.85. The molecule has 0 atom stereocenters. The maximum absolute atomic E-state index is 13.7. The molecule has 0 fully saturated rings.